The highest BCUT2D eigenvalue weighted by Gasteiger charge is 2.29. The summed E-state index contributed by atoms with van der Waals surface area (Å²) in [6.45, 7) is 1.83. The predicted octanol–water partition coefficient (Wildman–Crippen LogP) is 2.61. The topological polar surface area (TPSA) is 108 Å². The van der Waals surface area contributed by atoms with Gasteiger partial charge in [0.2, 0.25) is 5.91 Å². The van der Waals surface area contributed by atoms with Crippen molar-refractivity contribution in [3.63, 3.8) is 0 Å². The number of rotatable bonds is 4. The van der Waals surface area contributed by atoms with Gasteiger partial charge in [0.25, 0.3) is 0 Å². The van der Waals surface area contributed by atoms with Crippen LogP contribution in [0.15, 0.2) is 24.3 Å². The van der Waals surface area contributed by atoms with E-state index in [1.165, 1.54) is 0 Å². The molecule has 2 aromatic rings. The van der Waals surface area contributed by atoms with Crippen LogP contribution >= 0.6 is 0 Å². The van der Waals surface area contributed by atoms with Crippen LogP contribution in [-0.4, -0.2) is 32.2 Å². The summed E-state index contributed by atoms with van der Waals surface area (Å²) in [5, 5.41) is 18.9. The lowest BCUT2D eigenvalue weighted by Crippen LogP contribution is -2.29. The van der Waals surface area contributed by atoms with Gasteiger partial charge in [0.1, 0.15) is 5.82 Å². The van der Waals surface area contributed by atoms with Crippen molar-refractivity contribution in [3.05, 3.63) is 30.1 Å². The number of anilines is 1. The molecule has 1 aromatic carbocycles. The Bertz CT molecular complexity index is 748. The second-order valence-electron chi connectivity index (χ2n) is 6.20. The Balaban J connectivity index is 1.64. The lowest BCUT2D eigenvalue weighted by Gasteiger charge is -2.25. The number of nitrogens with one attached hydrogen (secondary N) is 2. The zero-order valence-corrected chi connectivity index (χ0v) is 13.5. The summed E-state index contributed by atoms with van der Waals surface area (Å²) in [5.74, 6) is 0.0621. The van der Waals surface area contributed by atoms with Gasteiger partial charge in [-0.3, -0.25) is 14.7 Å². The summed E-state index contributed by atoms with van der Waals surface area (Å²) in [5.41, 5.74) is 1.52. The van der Waals surface area contributed by atoms with Crippen LogP contribution in [0.2, 0.25) is 0 Å². The number of aryl methyl sites for hydroxylation is 1. The molecular formula is C17H20N4O3. The summed E-state index contributed by atoms with van der Waals surface area (Å²) in [6, 6.07) is 7.39. The number of carbonyl (C=O) groups excluding carboxylic acids is 1. The fraction of sp³-hybridized carbons (Fsp3) is 0.412. The molecule has 1 heterocycles. The standard InChI is InChI=1S/C17H20N4O3/c1-10-18-15(21-20-10)13-3-2-4-14(9-13)19-16(22)11-5-7-12(8-6-11)17(23)24/h2-4,9,11-12H,5-8H2,1H3,(H,19,22)(H,23,24)(H,18,20,21). The number of hydrogen-bond donors (Lipinski definition) is 3. The molecule has 24 heavy (non-hydrogen) atoms. The average molecular weight is 328 g/mol. The van der Waals surface area contributed by atoms with E-state index in [-0.39, 0.29) is 17.7 Å². The third kappa shape index (κ3) is 3.61. The number of amides is 1. The highest BCUT2D eigenvalue weighted by Crippen LogP contribution is 2.30. The first-order valence-corrected chi connectivity index (χ1v) is 8.06. The number of H-pyrrole nitrogens is 1. The molecule has 7 nitrogen and oxygen atoms in total. The van der Waals surface area contributed by atoms with E-state index in [0.717, 1.165) is 11.4 Å². The van der Waals surface area contributed by atoms with Crippen LogP contribution in [0.5, 0.6) is 0 Å². The number of aliphatic carboxylic acids is 1. The zero-order valence-electron chi connectivity index (χ0n) is 13.5. The maximum atomic E-state index is 12.4. The first-order chi connectivity index (χ1) is 11.5. The third-order valence-corrected chi connectivity index (χ3v) is 4.43. The number of aromatic nitrogens is 3. The summed E-state index contributed by atoms with van der Waals surface area (Å²) >= 11 is 0. The van der Waals surface area contributed by atoms with Crippen LogP contribution in [0.4, 0.5) is 5.69 Å². The highest BCUT2D eigenvalue weighted by atomic mass is 16.4. The van der Waals surface area contributed by atoms with Gasteiger partial charge in [-0.2, -0.15) is 5.10 Å². The predicted molar refractivity (Wildman–Crippen MR) is 88.3 cm³/mol. The van der Waals surface area contributed by atoms with Crippen molar-refractivity contribution in [1.29, 1.82) is 0 Å². The first kappa shape index (κ1) is 16.2. The number of nitrogens with zero attached hydrogens (tertiary/aromatic N) is 2. The molecule has 1 aromatic heterocycles. The van der Waals surface area contributed by atoms with E-state index >= 15 is 0 Å². The molecule has 0 spiro atoms. The fourth-order valence-corrected chi connectivity index (χ4v) is 3.05. The minimum atomic E-state index is -0.761. The van der Waals surface area contributed by atoms with Gasteiger partial charge in [-0.05, 0) is 44.7 Å². The largest absolute Gasteiger partial charge is 0.481 e. The molecule has 7 heteroatoms. The highest BCUT2D eigenvalue weighted by molar-refractivity contribution is 5.93. The molecule has 1 aliphatic carbocycles. The lowest BCUT2D eigenvalue weighted by atomic mass is 9.81. The maximum absolute atomic E-state index is 12.4. The molecule has 1 aliphatic rings. The van der Waals surface area contributed by atoms with Crippen LogP contribution in [-0.2, 0) is 9.59 Å². The van der Waals surface area contributed by atoms with E-state index < -0.39 is 5.97 Å². The van der Waals surface area contributed by atoms with Gasteiger partial charge in [0.15, 0.2) is 5.82 Å². The van der Waals surface area contributed by atoms with Gasteiger partial charge in [-0.15, -0.1) is 0 Å². The van der Waals surface area contributed by atoms with E-state index in [0.29, 0.717) is 37.2 Å². The molecule has 3 rings (SSSR count). The zero-order chi connectivity index (χ0) is 17.1. The Labute approximate surface area is 139 Å². The SMILES string of the molecule is Cc1nc(-c2cccc(NC(=O)C3CCC(C(=O)O)CC3)c2)n[nH]1. The van der Waals surface area contributed by atoms with Crippen LogP contribution < -0.4 is 5.32 Å². The van der Waals surface area contributed by atoms with Gasteiger partial charge in [0, 0.05) is 17.2 Å². The Morgan fingerprint density at radius 2 is 1.92 bits per heavy atom. The first-order valence-electron chi connectivity index (χ1n) is 8.06. The van der Waals surface area contributed by atoms with E-state index in [9.17, 15) is 9.59 Å². The van der Waals surface area contributed by atoms with E-state index in [1.807, 2.05) is 31.2 Å². The molecular weight excluding hydrogens is 308 g/mol. The minimum Gasteiger partial charge on any atom is -0.481 e. The fourth-order valence-electron chi connectivity index (χ4n) is 3.05. The molecule has 1 amide bonds. The van der Waals surface area contributed by atoms with Crippen molar-refractivity contribution >= 4 is 17.6 Å². The van der Waals surface area contributed by atoms with Crippen molar-refractivity contribution in [2.24, 2.45) is 11.8 Å². The smallest absolute Gasteiger partial charge is 0.306 e. The quantitative estimate of drug-likeness (QED) is 0.799. The average Bonchev–Trinajstić information content (AvgIpc) is 3.02. The Morgan fingerprint density at radius 1 is 1.21 bits per heavy atom. The summed E-state index contributed by atoms with van der Waals surface area (Å²) in [7, 11) is 0. The number of carbonyl (C=O) groups is 2. The van der Waals surface area contributed by atoms with Gasteiger partial charge >= 0.3 is 5.97 Å². The van der Waals surface area contributed by atoms with Gasteiger partial charge in [-0.1, -0.05) is 12.1 Å². The normalized spacial score (nSPS) is 20.5. The van der Waals surface area contributed by atoms with Crippen LogP contribution in [0.25, 0.3) is 11.4 Å². The lowest BCUT2D eigenvalue weighted by molar-refractivity contribution is -0.143. The molecule has 3 N–H and O–H groups in total. The molecule has 0 bridgehead atoms. The van der Waals surface area contributed by atoms with Crippen molar-refractivity contribution in [1.82, 2.24) is 15.2 Å². The molecule has 0 saturated heterocycles. The number of carboxylic acid groups (broad SMARTS) is 1. The summed E-state index contributed by atoms with van der Waals surface area (Å²) in [4.78, 5) is 27.7. The summed E-state index contributed by atoms with van der Waals surface area (Å²) < 4.78 is 0. The van der Waals surface area contributed by atoms with E-state index in [1.54, 1.807) is 0 Å². The molecule has 0 radical (unpaired) electrons. The summed E-state index contributed by atoms with van der Waals surface area (Å²) in [6.07, 6.45) is 2.35. The van der Waals surface area contributed by atoms with Crippen LogP contribution in [0.1, 0.15) is 31.5 Å². The number of hydrogen-bond acceptors (Lipinski definition) is 4. The minimum absolute atomic E-state index is 0.0536. The monoisotopic (exact) mass is 328 g/mol. The number of aromatic amines is 1. The van der Waals surface area contributed by atoms with Crippen molar-refractivity contribution in [2.45, 2.75) is 32.6 Å². The maximum Gasteiger partial charge on any atom is 0.306 e. The molecule has 0 aliphatic heterocycles. The van der Waals surface area contributed by atoms with E-state index in [2.05, 4.69) is 20.5 Å². The van der Waals surface area contributed by atoms with Crippen molar-refractivity contribution in [3.8, 4) is 11.4 Å². The molecule has 0 atom stereocenters. The third-order valence-electron chi connectivity index (χ3n) is 4.43. The molecule has 1 saturated carbocycles. The molecule has 0 unspecified atom stereocenters. The van der Waals surface area contributed by atoms with E-state index in [4.69, 9.17) is 5.11 Å². The van der Waals surface area contributed by atoms with Gasteiger partial charge in [-0.25, -0.2) is 4.98 Å². The van der Waals surface area contributed by atoms with Gasteiger partial charge in [0.05, 0.1) is 5.92 Å². The Kier molecular flexibility index (Phi) is 4.59. The van der Waals surface area contributed by atoms with Crippen molar-refractivity contribution < 1.29 is 14.7 Å². The second kappa shape index (κ2) is 6.82. The Hall–Kier alpha value is -2.70. The number of benzene rings is 1. The second-order valence-corrected chi connectivity index (χ2v) is 6.20. The Morgan fingerprint density at radius 3 is 2.54 bits per heavy atom. The van der Waals surface area contributed by atoms with Crippen LogP contribution in [0, 0.1) is 18.8 Å². The number of carboxylic acids is 1. The molecule has 1 fully saturated rings. The molecule has 126 valence electrons. The van der Waals surface area contributed by atoms with Gasteiger partial charge < -0.3 is 10.4 Å². The van der Waals surface area contributed by atoms with Crippen LogP contribution in [0.3, 0.4) is 0 Å². The van der Waals surface area contributed by atoms with Crippen molar-refractivity contribution in [2.75, 3.05) is 5.32 Å².